The van der Waals surface area contributed by atoms with E-state index >= 15 is 0 Å². The van der Waals surface area contributed by atoms with E-state index in [9.17, 15) is 9.59 Å². The average molecular weight is 398 g/mol. The number of hydrogen-bond donors (Lipinski definition) is 1. The second-order valence-electron chi connectivity index (χ2n) is 7.36. The Hall–Kier alpha value is -3.03. The van der Waals surface area contributed by atoms with Gasteiger partial charge in [-0.2, -0.15) is 0 Å². The number of likely N-dealkylation sites (tertiary alicyclic amines) is 1. The maximum absolute atomic E-state index is 13.0. The minimum Gasteiger partial charge on any atom is -0.493 e. The second kappa shape index (κ2) is 8.14. The van der Waals surface area contributed by atoms with Crippen molar-refractivity contribution in [3.63, 3.8) is 0 Å². The van der Waals surface area contributed by atoms with Crippen molar-refractivity contribution in [3.8, 4) is 11.5 Å². The summed E-state index contributed by atoms with van der Waals surface area (Å²) in [4.78, 5) is 32.3. The Morgan fingerprint density at radius 1 is 1.00 bits per heavy atom. The Balaban J connectivity index is 1.62. The normalized spacial score (nSPS) is 15.7. The molecule has 29 heavy (non-hydrogen) atoms. The third kappa shape index (κ3) is 3.66. The molecule has 154 valence electrons. The summed E-state index contributed by atoms with van der Waals surface area (Å²) in [5.74, 6) is 1.11. The second-order valence-corrected chi connectivity index (χ2v) is 7.36. The number of amides is 2. The van der Waals surface area contributed by atoms with E-state index in [2.05, 4.69) is 10.3 Å². The minimum atomic E-state index is -0.316. The molecule has 0 radical (unpaired) electrons. The van der Waals surface area contributed by atoms with Crippen molar-refractivity contribution in [2.75, 3.05) is 32.6 Å². The van der Waals surface area contributed by atoms with Gasteiger partial charge in [-0.05, 0) is 44.2 Å². The highest BCUT2D eigenvalue weighted by Gasteiger charge is 2.30. The number of methoxy groups -OCH3 is 2. The molecule has 1 aromatic heterocycles. The van der Waals surface area contributed by atoms with Crippen LogP contribution in [-0.4, -0.2) is 53.6 Å². The molecule has 2 aliphatic heterocycles. The van der Waals surface area contributed by atoms with Gasteiger partial charge in [0.2, 0.25) is 0 Å². The van der Waals surface area contributed by atoms with Gasteiger partial charge in [-0.15, -0.1) is 0 Å². The van der Waals surface area contributed by atoms with Crippen LogP contribution >= 0.6 is 0 Å². The van der Waals surface area contributed by atoms with Crippen molar-refractivity contribution >= 4 is 17.5 Å². The largest absolute Gasteiger partial charge is 0.493 e. The number of rotatable bonds is 5. The lowest BCUT2D eigenvalue weighted by Gasteiger charge is -2.19. The zero-order valence-electron chi connectivity index (χ0n) is 16.9. The summed E-state index contributed by atoms with van der Waals surface area (Å²) in [6.45, 7) is 2.24. The number of carbonyl (C=O) groups is 2. The highest BCUT2D eigenvalue weighted by Crippen LogP contribution is 2.30. The lowest BCUT2D eigenvalue weighted by Crippen LogP contribution is -2.31. The van der Waals surface area contributed by atoms with Crippen LogP contribution in [0.2, 0.25) is 0 Å². The molecule has 0 saturated carbocycles. The summed E-state index contributed by atoms with van der Waals surface area (Å²) < 4.78 is 12.5. The Labute approximate surface area is 169 Å². The van der Waals surface area contributed by atoms with Gasteiger partial charge in [0.1, 0.15) is 0 Å². The third-order valence-electron chi connectivity index (χ3n) is 5.56. The van der Waals surface area contributed by atoms with E-state index in [0.29, 0.717) is 28.7 Å². The molecule has 0 bridgehead atoms. The topological polar surface area (TPSA) is 85.7 Å². The quantitative estimate of drug-likeness (QED) is 0.837. The van der Waals surface area contributed by atoms with Crippen molar-refractivity contribution in [2.24, 2.45) is 0 Å². The fourth-order valence-corrected chi connectivity index (χ4v) is 4.05. The van der Waals surface area contributed by atoms with Gasteiger partial charge in [0.25, 0.3) is 11.8 Å². The molecule has 0 unspecified atom stereocenters. The van der Waals surface area contributed by atoms with Crippen LogP contribution in [0.5, 0.6) is 11.5 Å². The molecule has 1 fully saturated rings. The van der Waals surface area contributed by atoms with Crippen LogP contribution in [0.3, 0.4) is 0 Å². The molecular weight excluding hydrogens is 372 g/mol. The first-order valence-corrected chi connectivity index (χ1v) is 10.0. The van der Waals surface area contributed by atoms with Crippen LogP contribution < -0.4 is 14.8 Å². The van der Waals surface area contributed by atoms with Crippen molar-refractivity contribution in [1.29, 1.82) is 0 Å². The molecule has 8 nitrogen and oxygen atoms in total. The first kappa shape index (κ1) is 19.3. The number of anilines is 1. The van der Waals surface area contributed by atoms with E-state index in [-0.39, 0.29) is 11.8 Å². The maximum atomic E-state index is 13.0. The number of fused-ring (bicyclic) bond motifs is 1. The van der Waals surface area contributed by atoms with Gasteiger partial charge >= 0.3 is 0 Å². The smallest absolute Gasteiger partial charge is 0.289 e. The molecule has 3 heterocycles. The number of nitrogens with one attached hydrogen (secondary N) is 1. The first-order chi connectivity index (χ1) is 14.1. The average Bonchev–Trinajstić information content (AvgIpc) is 3.41. The molecule has 0 aliphatic carbocycles. The Kier molecular flexibility index (Phi) is 5.42. The lowest BCUT2D eigenvalue weighted by atomic mass is 10.1. The van der Waals surface area contributed by atoms with Crippen molar-refractivity contribution in [3.05, 3.63) is 35.4 Å². The number of benzene rings is 1. The zero-order chi connectivity index (χ0) is 20.4. The number of carbonyl (C=O) groups excluding carboxylic acids is 2. The third-order valence-corrected chi connectivity index (χ3v) is 5.56. The Morgan fingerprint density at radius 2 is 1.72 bits per heavy atom. The van der Waals surface area contributed by atoms with Crippen LogP contribution in [0.1, 0.15) is 52.5 Å². The van der Waals surface area contributed by atoms with Gasteiger partial charge in [-0.3, -0.25) is 9.59 Å². The van der Waals surface area contributed by atoms with Gasteiger partial charge in [0.05, 0.1) is 19.9 Å². The van der Waals surface area contributed by atoms with E-state index in [1.54, 1.807) is 32.4 Å². The highest BCUT2D eigenvalue weighted by atomic mass is 16.5. The van der Waals surface area contributed by atoms with Crippen LogP contribution in [0.15, 0.2) is 18.2 Å². The number of imidazole rings is 1. The number of ether oxygens (including phenoxy) is 2. The number of aromatic nitrogens is 2. The summed E-state index contributed by atoms with van der Waals surface area (Å²) in [5, 5.41) is 2.88. The number of nitrogens with zero attached hydrogens (tertiary/aromatic N) is 3. The molecule has 1 saturated heterocycles. The predicted molar refractivity (Wildman–Crippen MR) is 108 cm³/mol. The van der Waals surface area contributed by atoms with Gasteiger partial charge < -0.3 is 24.3 Å². The summed E-state index contributed by atoms with van der Waals surface area (Å²) in [6, 6.07) is 5.19. The molecule has 8 heteroatoms. The molecule has 2 aliphatic rings. The Morgan fingerprint density at radius 3 is 2.45 bits per heavy atom. The lowest BCUT2D eigenvalue weighted by molar-refractivity contribution is 0.0774. The van der Waals surface area contributed by atoms with Crippen molar-refractivity contribution in [1.82, 2.24) is 14.5 Å². The first-order valence-electron chi connectivity index (χ1n) is 10.0. The SMILES string of the molecule is COc1ccc(NC(=O)c2nc(C(=O)N3CCCC3)n3c2CCCC3)cc1OC. The predicted octanol–water partition coefficient (Wildman–Crippen LogP) is 2.72. The zero-order valence-corrected chi connectivity index (χ0v) is 16.9. The van der Waals surface area contributed by atoms with E-state index in [0.717, 1.165) is 57.4 Å². The summed E-state index contributed by atoms with van der Waals surface area (Å²) in [5.41, 5.74) is 1.76. The molecule has 4 rings (SSSR count). The van der Waals surface area contributed by atoms with Gasteiger partial charge in [0.15, 0.2) is 23.0 Å². The van der Waals surface area contributed by atoms with Gasteiger partial charge in [-0.25, -0.2) is 4.98 Å². The highest BCUT2D eigenvalue weighted by molar-refractivity contribution is 6.05. The fraction of sp³-hybridized carbons (Fsp3) is 0.476. The van der Waals surface area contributed by atoms with Crippen LogP contribution in [-0.2, 0) is 13.0 Å². The fourth-order valence-electron chi connectivity index (χ4n) is 4.05. The summed E-state index contributed by atoms with van der Waals surface area (Å²) in [7, 11) is 3.11. The van der Waals surface area contributed by atoms with Crippen LogP contribution in [0, 0.1) is 0 Å². The molecule has 2 amide bonds. The van der Waals surface area contributed by atoms with E-state index in [1.807, 2.05) is 9.47 Å². The molecule has 0 atom stereocenters. The van der Waals surface area contributed by atoms with Gasteiger partial charge in [-0.1, -0.05) is 0 Å². The summed E-state index contributed by atoms with van der Waals surface area (Å²) in [6.07, 6.45) is 4.76. The molecule has 1 N–H and O–H groups in total. The monoisotopic (exact) mass is 398 g/mol. The van der Waals surface area contributed by atoms with E-state index in [1.165, 1.54) is 0 Å². The maximum Gasteiger partial charge on any atom is 0.289 e. The van der Waals surface area contributed by atoms with Crippen molar-refractivity contribution in [2.45, 2.75) is 38.6 Å². The van der Waals surface area contributed by atoms with E-state index < -0.39 is 0 Å². The standard InChI is InChI=1S/C21H26N4O4/c1-28-16-9-8-14(13-17(16)29-2)22-20(26)18-15-7-3-4-12-25(15)19(23-18)21(27)24-10-5-6-11-24/h8-9,13H,3-7,10-12H2,1-2H3,(H,22,26). The molecule has 0 spiro atoms. The molecule has 2 aromatic rings. The van der Waals surface area contributed by atoms with Crippen LogP contribution in [0.25, 0.3) is 0 Å². The number of hydrogen-bond acceptors (Lipinski definition) is 5. The van der Waals surface area contributed by atoms with Gasteiger partial charge in [0, 0.05) is 31.4 Å². The minimum absolute atomic E-state index is 0.0733. The van der Waals surface area contributed by atoms with Crippen LogP contribution in [0.4, 0.5) is 5.69 Å². The molecule has 1 aromatic carbocycles. The van der Waals surface area contributed by atoms with E-state index in [4.69, 9.17) is 9.47 Å². The van der Waals surface area contributed by atoms with Crippen molar-refractivity contribution < 1.29 is 19.1 Å². The Bertz CT molecular complexity index is 931. The molecular formula is C21H26N4O4. The summed E-state index contributed by atoms with van der Waals surface area (Å²) >= 11 is 0.